The van der Waals surface area contributed by atoms with Crippen molar-refractivity contribution in [3.63, 3.8) is 0 Å². The van der Waals surface area contributed by atoms with Gasteiger partial charge in [0.25, 0.3) is 0 Å². The first-order valence-electron chi connectivity index (χ1n) is 8.14. The van der Waals surface area contributed by atoms with Crippen molar-refractivity contribution in [1.29, 1.82) is 0 Å². The van der Waals surface area contributed by atoms with E-state index in [2.05, 4.69) is 47.1 Å². The van der Waals surface area contributed by atoms with Gasteiger partial charge in [-0.3, -0.25) is 4.90 Å². The highest BCUT2D eigenvalue weighted by atomic mass is 32.2. The molecule has 0 fully saturated rings. The summed E-state index contributed by atoms with van der Waals surface area (Å²) in [5, 5.41) is 10.9. The van der Waals surface area contributed by atoms with Gasteiger partial charge in [0, 0.05) is 22.2 Å². The maximum absolute atomic E-state index is 10.9. The quantitative estimate of drug-likeness (QED) is 0.534. The van der Waals surface area contributed by atoms with E-state index >= 15 is 0 Å². The normalized spacial score (nSPS) is 17.1. The van der Waals surface area contributed by atoms with E-state index in [1.807, 2.05) is 24.4 Å². The third kappa shape index (κ3) is 1.81. The van der Waals surface area contributed by atoms with Gasteiger partial charge in [0.15, 0.2) is 5.82 Å². The molecular formula is C20H16N2OS. The van der Waals surface area contributed by atoms with Crippen LogP contribution in [-0.4, -0.2) is 10.1 Å². The Labute approximate surface area is 145 Å². The number of hydrogen-bond acceptors (Lipinski definition) is 4. The van der Waals surface area contributed by atoms with Gasteiger partial charge in [-0.25, -0.2) is 4.98 Å². The van der Waals surface area contributed by atoms with Crippen LogP contribution in [0.15, 0.2) is 64.5 Å². The molecule has 3 nitrogen and oxygen atoms in total. The first-order chi connectivity index (χ1) is 11.8. The van der Waals surface area contributed by atoms with Gasteiger partial charge in [0.1, 0.15) is 6.10 Å². The van der Waals surface area contributed by atoms with Crippen LogP contribution in [0.25, 0.3) is 0 Å². The van der Waals surface area contributed by atoms with Gasteiger partial charge in [0.2, 0.25) is 0 Å². The lowest BCUT2D eigenvalue weighted by Gasteiger charge is -2.39. The summed E-state index contributed by atoms with van der Waals surface area (Å²) in [6.07, 6.45) is 2.21. The van der Waals surface area contributed by atoms with Gasteiger partial charge < -0.3 is 5.11 Å². The minimum absolute atomic E-state index is 0.594. The minimum Gasteiger partial charge on any atom is -0.383 e. The summed E-state index contributed by atoms with van der Waals surface area (Å²) in [5.41, 5.74) is 5.27. The molecular weight excluding hydrogens is 316 g/mol. The molecule has 1 aromatic heterocycles. The monoisotopic (exact) mass is 332 g/mol. The number of fused-ring (bicyclic) bond motifs is 4. The summed E-state index contributed by atoms with van der Waals surface area (Å²) in [4.78, 5) is 9.18. The largest absolute Gasteiger partial charge is 0.383 e. The predicted molar refractivity (Wildman–Crippen MR) is 96.5 cm³/mol. The van der Waals surface area contributed by atoms with Crippen molar-refractivity contribution < 1.29 is 5.11 Å². The number of aryl methyl sites for hydroxylation is 1. The Morgan fingerprint density at radius 1 is 1.08 bits per heavy atom. The van der Waals surface area contributed by atoms with Crippen LogP contribution < -0.4 is 4.90 Å². The van der Waals surface area contributed by atoms with Crippen LogP contribution in [0.3, 0.4) is 0 Å². The number of aromatic nitrogens is 1. The summed E-state index contributed by atoms with van der Waals surface area (Å²) >= 11 is 1.72. The van der Waals surface area contributed by atoms with Gasteiger partial charge >= 0.3 is 0 Å². The van der Waals surface area contributed by atoms with Crippen molar-refractivity contribution in [2.75, 3.05) is 4.90 Å². The molecule has 3 heterocycles. The molecule has 4 heteroatoms. The number of hydrogen-bond donors (Lipinski definition) is 1. The van der Waals surface area contributed by atoms with Crippen molar-refractivity contribution in [3.05, 3.63) is 71.4 Å². The average molecular weight is 332 g/mol. The van der Waals surface area contributed by atoms with Gasteiger partial charge in [0.05, 0.1) is 16.3 Å². The summed E-state index contributed by atoms with van der Waals surface area (Å²) in [5.74, 6) is 0.948. The van der Waals surface area contributed by atoms with E-state index in [0.29, 0.717) is 0 Å². The number of nitrogens with zero attached hydrogens (tertiary/aromatic N) is 2. The Hall–Kier alpha value is -2.30. The molecule has 5 rings (SSSR count). The Morgan fingerprint density at radius 2 is 1.96 bits per heavy atom. The molecule has 1 N–H and O–H groups in total. The van der Waals surface area contributed by atoms with Crippen molar-refractivity contribution >= 4 is 29.0 Å². The lowest BCUT2D eigenvalue weighted by atomic mass is 9.91. The van der Waals surface area contributed by atoms with Gasteiger partial charge in [-0.15, -0.1) is 0 Å². The van der Waals surface area contributed by atoms with E-state index in [4.69, 9.17) is 0 Å². The molecule has 0 saturated carbocycles. The molecule has 3 aromatic rings. The number of rotatable bonds is 1. The maximum atomic E-state index is 10.9. The molecule has 0 spiro atoms. The van der Waals surface area contributed by atoms with E-state index in [9.17, 15) is 5.11 Å². The molecule has 1 unspecified atom stereocenters. The smallest absolute Gasteiger partial charge is 0.151 e. The van der Waals surface area contributed by atoms with Gasteiger partial charge in [-0.2, -0.15) is 0 Å². The molecule has 2 aliphatic rings. The Kier molecular flexibility index (Phi) is 2.99. The predicted octanol–water partition coefficient (Wildman–Crippen LogP) is 4.97. The number of anilines is 3. The van der Waals surface area contributed by atoms with Crippen molar-refractivity contribution in [1.82, 2.24) is 4.98 Å². The van der Waals surface area contributed by atoms with Crippen LogP contribution in [-0.2, 0) is 6.42 Å². The molecule has 2 aliphatic heterocycles. The molecule has 24 heavy (non-hydrogen) atoms. The minimum atomic E-state index is -0.594. The van der Waals surface area contributed by atoms with Crippen molar-refractivity contribution in [3.8, 4) is 0 Å². The van der Waals surface area contributed by atoms with Gasteiger partial charge in [-0.05, 0) is 36.2 Å². The Balaban J connectivity index is 1.86. The summed E-state index contributed by atoms with van der Waals surface area (Å²) in [6.45, 7) is 2.15. The molecule has 2 aromatic carbocycles. The number of aliphatic hydroxyl groups is 1. The van der Waals surface area contributed by atoms with Crippen LogP contribution in [0.4, 0.5) is 17.2 Å². The second-order valence-corrected chi connectivity index (χ2v) is 7.19. The highest BCUT2D eigenvalue weighted by Crippen LogP contribution is 2.57. The Bertz CT molecular complexity index is 970. The highest BCUT2D eigenvalue weighted by Gasteiger charge is 2.36. The lowest BCUT2D eigenvalue weighted by molar-refractivity contribution is 0.219. The van der Waals surface area contributed by atoms with Crippen LogP contribution >= 0.6 is 11.8 Å². The zero-order chi connectivity index (χ0) is 16.3. The van der Waals surface area contributed by atoms with Crippen LogP contribution in [0.5, 0.6) is 0 Å². The molecule has 0 amide bonds. The molecule has 0 aliphatic carbocycles. The summed E-state index contributed by atoms with van der Waals surface area (Å²) < 4.78 is 0. The first kappa shape index (κ1) is 14.1. The topological polar surface area (TPSA) is 36.4 Å². The fourth-order valence-electron chi connectivity index (χ4n) is 3.57. The number of aliphatic hydroxyl groups excluding tert-OH is 1. The second-order valence-electron chi connectivity index (χ2n) is 6.11. The first-order valence-corrected chi connectivity index (χ1v) is 8.96. The SMILES string of the molecule is CCc1ccc2c(c1)N1c3ncccc3Sc3cccc(c31)C2O. The number of benzene rings is 2. The van der Waals surface area contributed by atoms with E-state index in [-0.39, 0.29) is 0 Å². The fraction of sp³-hybridized carbons (Fsp3) is 0.150. The van der Waals surface area contributed by atoms with Gasteiger partial charge in [-0.1, -0.05) is 43.0 Å². The molecule has 118 valence electrons. The zero-order valence-electron chi connectivity index (χ0n) is 13.2. The van der Waals surface area contributed by atoms with Crippen molar-refractivity contribution in [2.45, 2.75) is 29.2 Å². The summed E-state index contributed by atoms with van der Waals surface area (Å²) in [6, 6.07) is 16.6. The van der Waals surface area contributed by atoms with Crippen LogP contribution in [0.2, 0.25) is 0 Å². The van der Waals surface area contributed by atoms with E-state index in [1.54, 1.807) is 11.8 Å². The lowest BCUT2D eigenvalue weighted by Crippen LogP contribution is -2.25. The highest BCUT2D eigenvalue weighted by molar-refractivity contribution is 7.99. The molecule has 0 bridgehead atoms. The Morgan fingerprint density at radius 3 is 2.83 bits per heavy atom. The summed E-state index contributed by atoms with van der Waals surface area (Å²) in [7, 11) is 0. The maximum Gasteiger partial charge on any atom is 0.151 e. The van der Waals surface area contributed by atoms with E-state index in [1.165, 1.54) is 10.5 Å². The second kappa shape index (κ2) is 5.10. The number of para-hydroxylation sites is 1. The molecule has 1 atom stereocenters. The third-order valence-corrected chi connectivity index (χ3v) is 5.86. The van der Waals surface area contributed by atoms with Crippen LogP contribution in [0, 0.1) is 0 Å². The average Bonchev–Trinajstić information content (AvgIpc) is 2.64. The molecule has 0 saturated heterocycles. The fourth-order valence-corrected chi connectivity index (χ4v) is 4.64. The number of pyridine rings is 1. The van der Waals surface area contributed by atoms with E-state index in [0.717, 1.165) is 39.6 Å². The molecule has 0 radical (unpaired) electrons. The van der Waals surface area contributed by atoms with Crippen LogP contribution in [0.1, 0.15) is 29.7 Å². The zero-order valence-corrected chi connectivity index (χ0v) is 14.0. The standard InChI is InChI=1S/C20H16N2OS/c1-2-12-8-9-13-15(11-12)22-18-14(19(13)23)5-3-6-16(18)24-17-7-4-10-21-20(17)22/h3-11,19,23H,2H2,1H3. The third-order valence-electron chi connectivity index (χ3n) is 4.77. The van der Waals surface area contributed by atoms with E-state index < -0.39 is 6.10 Å². The van der Waals surface area contributed by atoms with Crippen molar-refractivity contribution in [2.24, 2.45) is 0 Å².